The quantitative estimate of drug-likeness (QED) is 0.588. The van der Waals surface area contributed by atoms with Gasteiger partial charge in [0.05, 0.1) is 5.41 Å². The Kier molecular flexibility index (Phi) is 3.52. The zero-order chi connectivity index (χ0) is 11.5. The number of likely N-dealkylation sites (tertiary alicyclic amines) is 1. The van der Waals surface area contributed by atoms with Crippen LogP contribution >= 0.6 is 0 Å². The van der Waals surface area contributed by atoms with Gasteiger partial charge >= 0.3 is 12.0 Å². The highest BCUT2D eigenvalue weighted by Gasteiger charge is 2.41. The molecule has 6 nitrogen and oxygen atoms in total. The van der Waals surface area contributed by atoms with Crippen LogP contribution in [0, 0.1) is 5.41 Å². The summed E-state index contributed by atoms with van der Waals surface area (Å²) in [5, 5.41) is 11.6. The van der Waals surface area contributed by atoms with E-state index in [1.165, 1.54) is 4.90 Å². The van der Waals surface area contributed by atoms with Crippen molar-refractivity contribution in [1.29, 1.82) is 0 Å². The monoisotopic (exact) mass is 215 g/mol. The number of urea groups is 1. The molecule has 0 saturated carbocycles. The van der Waals surface area contributed by atoms with Crippen molar-refractivity contribution in [2.24, 2.45) is 11.1 Å². The molecule has 1 rings (SSSR count). The van der Waals surface area contributed by atoms with E-state index in [4.69, 9.17) is 10.8 Å². The Morgan fingerprint density at radius 2 is 2.27 bits per heavy atom. The summed E-state index contributed by atoms with van der Waals surface area (Å²) in [6.07, 6.45) is 0.498. The number of carbonyl (C=O) groups is 2. The van der Waals surface area contributed by atoms with Crippen LogP contribution in [0.3, 0.4) is 0 Å². The highest BCUT2D eigenvalue weighted by atomic mass is 16.4. The Labute approximate surface area is 88.4 Å². The van der Waals surface area contributed by atoms with Crippen LogP contribution in [0.25, 0.3) is 0 Å². The van der Waals surface area contributed by atoms with E-state index in [1.807, 2.05) is 0 Å². The van der Waals surface area contributed by atoms with E-state index in [1.54, 1.807) is 6.92 Å². The van der Waals surface area contributed by atoms with Gasteiger partial charge in [-0.05, 0) is 13.3 Å². The van der Waals surface area contributed by atoms with Crippen LogP contribution in [-0.2, 0) is 4.79 Å². The number of rotatable bonds is 3. The van der Waals surface area contributed by atoms with Gasteiger partial charge in [-0.3, -0.25) is 4.79 Å². The molecule has 0 aliphatic carbocycles. The molecule has 0 aromatic carbocycles. The number of carboxylic acid groups (broad SMARTS) is 1. The van der Waals surface area contributed by atoms with Crippen LogP contribution < -0.4 is 11.1 Å². The predicted octanol–water partition coefficient (Wildman–Crippen LogP) is -0.549. The number of carboxylic acids is 1. The van der Waals surface area contributed by atoms with Crippen molar-refractivity contribution in [3.63, 3.8) is 0 Å². The number of hydrogen-bond donors (Lipinski definition) is 3. The van der Waals surface area contributed by atoms with Crippen molar-refractivity contribution in [3.8, 4) is 0 Å². The minimum atomic E-state index is -0.850. The Hall–Kier alpha value is -1.30. The van der Waals surface area contributed by atoms with E-state index in [9.17, 15) is 9.59 Å². The summed E-state index contributed by atoms with van der Waals surface area (Å²) < 4.78 is 0. The van der Waals surface area contributed by atoms with E-state index in [0.29, 0.717) is 26.1 Å². The molecule has 4 N–H and O–H groups in total. The van der Waals surface area contributed by atoms with Crippen molar-refractivity contribution in [2.75, 3.05) is 26.2 Å². The molecule has 0 radical (unpaired) electrons. The molecule has 0 spiro atoms. The predicted molar refractivity (Wildman–Crippen MR) is 54.4 cm³/mol. The molecule has 86 valence electrons. The van der Waals surface area contributed by atoms with Gasteiger partial charge < -0.3 is 21.1 Å². The number of nitrogens with one attached hydrogen (secondary N) is 1. The first-order valence-corrected chi connectivity index (χ1v) is 4.96. The van der Waals surface area contributed by atoms with Gasteiger partial charge in [0, 0.05) is 26.2 Å². The third-order valence-corrected chi connectivity index (χ3v) is 2.70. The van der Waals surface area contributed by atoms with Gasteiger partial charge in [-0.1, -0.05) is 0 Å². The fourth-order valence-electron chi connectivity index (χ4n) is 1.60. The number of aliphatic carboxylic acids is 1. The molecule has 0 aromatic heterocycles. The number of amides is 2. The fourth-order valence-corrected chi connectivity index (χ4v) is 1.60. The van der Waals surface area contributed by atoms with E-state index in [2.05, 4.69) is 5.32 Å². The Balaban J connectivity index is 2.49. The van der Waals surface area contributed by atoms with Crippen molar-refractivity contribution in [1.82, 2.24) is 10.2 Å². The lowest BCUT2D eigenvalue weighted by Gasteiger charge is -2.20. The van der Waals surface area contributed by atoms with Gasteiger partial charge in [0.25, 0.3) is 0 Å². The first-order valence-electron chi connectivity index (χ1n) is 4.96. The lowest BCUT2D eigenvalue weighted by Crippen LogP contribution is -2.42. The smallest absolute Gasteiger partial charge is 0.317 e. The summed E-state index contributed by atoms with van der Waals surface area (Å²) >= 11 is 0. The van der Waals surface area contributed by atoms with Gasteiger partial charge in [-0.15, -0.1) is 0 Å². The summed E-state index contributed by atoms with van der Waals surface area (Å²) in [7, 11) is 0. The van der Waals surface area contributed by atoms with Crippen LogP contribution in [0.5, 0.6) is 0 Å². The fraction of sp³-hybridized carbons (Fsp3) is 0.778. The number of hydrogen-bond acceptors (Lipinski definition) is 3. The molecular weight excluding hydrogens is 198 g/mol. The van der Waals surface area contributed by atoms with E-state index in [0.717, 1.165) is 0 Å². The van der Waals surface area contributed by atoms with Crippen LogP contribution in [0.1, 0.15) is 13.3 Å². The lowest BCUT2D eigenvalue weighted by atomic mass is 9.90. The Bertz CT molecular complexity index is 269. The lowest BCUT2D eigenvalue weighted by molar-refractivity contribution is -0.146. The minimum absolute atomic E-state index is 0.231. The number of carbonyl (C=O) groups excluding carboxylic acids is 1. The average molecular weight is 215 g/mol. The molecule has 15 heavy (non-hydrogen) atoms. The average Bonchev–Trinajstić information content (AvgIpc) is 2.59. The molecule has 1 heterocycles. The Morgan fingerprint density at radius 1 is 1.60 bits per heavy atom. The second-order valence-corrected chi connectivity index (χ2v) is 4.06. The molecule has 1 aliphatic rings. The summed E-state index contributed by atoms with van der Waals surface area (Å²) in [6.45, 7) is 3.21. The van der Waals surface area contributed by atoms with Gasteiger partial charge in [-0.25, -0.2) is 4.79 Å². The standard InChI is InChI=1S/C9H17N3O3/c1-9(7(13)14)2-5-12(6-9)8(15)11-4-3-10/h2-6,10H2,1H3,(H,11,15)(H,13,14). The third kappa shape index (κ3) is 2.59. The van der Waals surface area contributed by atoms with Gasteiger partial charge in [0.15, 0.2) is 0 Å². The Morgan fingerprint density at radius 3 is 2.73 bits per heavy atom. The second-order valence-electron chi connectivity index (χ2n) is 4.06. The third-order valence-electron chi connectivity index (χ3n) is 2.70. The van der Waals surface area contributed by atoms with Crippen LogP contribution in [0.15, 0.2) is 0 Å². The number of nitrogens with zero attached hydrogens (tertiary/aromatic N) is 1. The molecule has 1 aliphatic heterocycles. The normalized spacial score (nSPS) is 25.3. The van der Waals surface area contributed by atoms with Gasteiger partial charge in [-0.2, -0.15) is 0 Å². The first kappa shape index (κ1) is 11.8. The molecule has 1 atom stereocenters. The van der Waals surface area contributed by atoms with Crippen LogP contribution in [0.4, 0.5) is 4.79 Å². The van der Waals surface area contributed by atoms with Crippen molar-refractivity contribution >= 4 is 12.0 Å². The summed E-state index contributed by atoms with van der Waals surface area (Å²) in [4.78, 5) is 23.9. The van der Waals surface area contributed by atoms with E-state index < -0.39 is 11.4 Å². The maximum Gasteiger partial charge on any atom is 0.317 e. The van der Waals surface area contributed by atoms with Gasteiger partial charge in [0.2, 0.25) is 0 Å². The highest BCUT2D eigenvalue weighted by molar-refractivity contribution is 5.79. The molecule has 6 heteroatoms. The summed E-state index contributed by atoms with van der Waals surface area (Å²) in [5.74, 6) is -0.850. The second kappa shape index (κ2) is 4.48. The van der Waals surface area contributed by atoms with Crippen molar-refractivity contribution < 1.29 is 14.7 Å². The van der Waals surface area contributed by atoms with Crippen molar-refractivity contribution in [3.05, 3.63) is 0 Å². The molecule has 0 aromatic rings. The highest BCUT2D eigenvalue weighted by Crippen LogP contribution is 2.29. The zero-order valence-electron chi connectivity index (χ0n) is 8.82. The first-order chi connectivity index (χ1) is 6.99. The van der Waals surface area contributed by atoms with E-state index >= 15 is 0 Å². The van der Waals surface area contributed by atoms with Crippen LogP contribution in [0.2, 0.25) is 0 Å². The maximum absolute atomic E-state index is 11.5. The van der Waals surface area contributed by atoms with Gasteiger partial charge in [0.1, 0.15) is 0 Å². The zero-order valence-corrected chi connectivity index (χ0v) is 8.82. The van der Waals surface area contributed by atoms with Crippen molar-refractivity contribution in [2.45, 2.75) is 13.3 Å². The summed E-state index contributed by atoms with van der Waals surface area (Å²) in [5.41, 5.74) is 4.44. The number of nitrogens with two attached hydrogens (primary N) is 1. The van der Waals surface area contributed by atoms with E-state index in [-0.39, 0.29) is 12.6 Å². The maximum atomic E-state index is 11.5. The topological polar surface area (TPSA) is 95.7 Å². The molecule has 0 bridgehead atoms. The summed E-state index contributed by atoms with van der Waals surface area (Å²) in [6, 6.07) is -0.231. The molecule has 1 saturated heterocycles. The largest absolute Gasteiger partial charge is 0.481 e. The SMILES string of the molecule is CC1(C(=O)O)CCN(C(=O)NCCN)C1. The molecule has 1 unspecified atom stereocenters. The molecule has 1 fully saturated rings. The molecule has 2 amide bonds. The van der Waals surface area contributed by atoms with Crippen LogP contribution in [-0.4, -0.2) is 48.2 Å². The molecular formula is C9H17N3O3. The minimum Gasteiger partial charge on any atom is -0.481 e.